The van der Waals surface area contributed by atoms with Gasteiger partial charge in [-0.3, -0.25) is 9.59 Å². The fraction of sp³-hybridized carbons (Fsp3) is 0.273. The van der Waals surface area contributed by atoms with Crippen LogP contribution in [0.3, 0.4) is 0 Å². The zero-order chi connectivity index (χ0) is 12.1. The third-order valence-electron chi connectivity index (χ3n) is 2.14. The highest BCUT2D eigenvalue weighted by atomic mass is 35.5. The standard InChI is InChI=1S/C11H13ClN2O2/c1-7-8(12)3-2-4-9(7)14-11(16)6-5-10(13)15/h2-4H,5-6H2,1H3,(H2,13,15)(H,14,16). The second-order valence-corrected chi connectivity index (χ2v) is 3.83. The number of anilines is 1. The van der Waals surface area contributed by atoms with Crippen molar-refractivity contribution in [3.8, 4) is 0 Å². The van der Waals surface area contributed by atoms with Crippen LogP contribution >= 0.6 is 11.6 Å². The molecule has 0 bridgehead atoms. The summed E-state index contributed by atoms with van der Waals surface area (Å²) < 4.78 is 0. The molecule has 0 spiro atoms. The molecular formula is C11H13ClN2O2. The number of carbonyl (C=O) groups is 2. The van der Waals surface area contributed by atoms with Crippen molar-refractivity contribution in [1.82, 2.24) is 0 Å². The van der Waals surface area contributed by atoms with Crippen molar-refractivity contribution >= 4 is 29.1 Å². The van der Waals surface area contributed by atoms with Gasteiger partial charge < -0.3 is 11.1 Å². The molecule has 0 atom stereocenters. The lowest BCUT2D eigenvalue weighted by Crippen LogP contribution is -2.17. The lowest BCUT2D eigenvalue weighted by atomic mass is 10.2. The van der Waals surface area contributed by atoms with Gasteiger partial charge in [0.1, 0.15) is 0 Å². The fourth-order valence-electron chi connectivity index (χ4n) is 1.19. The summed E-state index contributed by atoms with van der Waals surface area (Å²) in [5.74, 6) is -0.734. The van der Waals surface area contributed by atoms with Gasteiger partial charge in [-0.05, 0) is 24.6 Å². The summed E-state index contributed by atoms with van der Waals surface area (Å²) in [6, 6.07) is 5.25. The molecule has 16 heavy (non-hydrogen) atoms. The smallest absolute Gasteiger partial charge is 0.224 e. The van der Waals surface area contributed by atoms with E-state index < -0.39 is 5.91 Å². The zero-order valence-electron chi connectivity index (χ0n) is 8.92. The molecule has 1 aromatic rings. The minimum absolute atomic E-state index is 0.0471. The van der Waals surface area contributed by atoms with Crippen molar-refractivity contribution in [1.29, 1.82) is 0 Å². The molecule has 0 radical (unpaired) electrons. The molecule has 0 unspecified atom stereocenters. The Kier molecular flexibility index (Phi) is 4.31. The molecule has 2 amide bonds. The van der Waals surface area contributed by atoms with Gasteiger partial charge in [0.2, 0.25) is 11.8 Å². The molecule has 1 aromatic carbocycles. The maximum atomic E-state index is 11.4. The van der Waals surface area contributed by atoms with Crippen molar-refractivity contribution in [3.63, 3.8) is 0 Å². The van der Waals surface area contributed by atoms with Crippen molar-refractivity contribution in [2.24, 2.45) is 5.73 Å². The van der Waals surface area contributed by atoms with Crippen LogP contribution in [0.4, 0.5) is 5.69 Å². The third kappa shape index (κ3) is 3.55. The minimum atomic E-state index is -0.488. The molecule has 3 N–H and O–H groups in total. The molecule has 86 valence electrons. The van der Waals surface area contributed by atoms with E-state index in [1.165, 1.54) is 0 Å². The van der Waals surface area contributed by atoms with Gasteiger partial charge in [0.05, 0.1) is 0 Å². The third-order valence-corrected chi connectivity index (χ3v) is 2.55. The second-order valence-electron chi connectivity index (χ2n) is 3.43. The number of carbonyl (C=O) groups excluding carboxylic acids is 2. The Balaban J connectivity index is 2.63. The van der Waals surface area contributed by atoms with E-state index in [9.17, 15) is 9.59 Å². The summed E-state index contributed by atoms with van der Waals surface area (Å²) in [6.07, 6.45) is 0.132. The fourth-order valence-corrected chi connectivity index (χ4v) is 1.37. The van der Waals surface area contributed by atoms with Gasteiger partial charge in [-0.2, -0.15) is 0 Å². The maximum Gasteiger partial charge on any atom is 0.224 e. The van der Waals surface area contributed by atoms with Crippen LogP contribution in [0.1, 0.15) is 18.4 Å². The predicted octanol–water partition coefficient (Wildman–Crippen LogP) is 1.85. The number of hydrogen-bond donors (Lipinski definition) is 2. The first-order valence-electron chi connectivity index (χ1n) is 4.84. The van der Waals surface area contributed by atoms with Gasteiger partial charge in [0.15, 0.2) is 0 Å². The topological polar surface area (TPSA) is 72.2 Å². The van der Waals surface area contributed by atoms with E-state index in [0.29, 0.717) is 10.7 Å². The van der Waals surface area contributed by atoms with Crippen LogP contribution in [0.5, 0.6) is 0 Å². The van der Waals surface area contributed by atoms with Gasteiger partial charge in [-0.15, -0.1) is 0 Å². The molecule has 1 rings (SSSR count). The average Bonchev–Trinajstić information content (AvgIpc) is 2.22. The first kappa shape index (κ1) is 12.5. The summed E-state index contributed by atoms with van der Waals surface area (Å²) in [7, 11) is 0. The zero-order valence-corrected chi connectivity index (χ0v) is 9.67. The van der Waals surface area contributed by atoms with E-state index in [0.717, 1.165) is 5.56 Å². The lowest BCUT2D eigenvalue weighted by molar-refractivity contribution is -0.122. The number of nitrogens with one attached hydrogen (secondary N) is 1. The Morgan fingerprint density at radius 3 is 2.69 bits per heavy atom. The van der Waals surface area contributed by atoms with E-state index in [1.54, 1.807) is 18.2 Å². The van der Waals surface area contributed by atoms with Gasteiger partial charge in [0.25, 0.3) is 0 Å². The Hall–Kier alpha value is -1.55. The molecule has 0 aliphatic heterocycles. The van der Waals surface area contributed by atoms with Crippen molar-refractivity contribution in [3.05, 3.63) is 28.8 Å². The van der Waals surface area contributed by atoms with Crippen LogP contribution in [-0.2, 0) is 9.59 Å². The van der Waals surface area contributed by atoms with E-state index in [-0.39, 0.29) is 18.7 Å². The highest BCUT2D eigenvalue weighted by Crippen LogP contribution is 2.22. The number of primary amides is 1. The quantitative estimate of drug-likeness (QED) is 0.843. The summed E-state index contributed by atoms with van der Waals surface area (Å²) in [6.45, 7) is 1.81. The highest BCUT2D eigenvalue weighted by molar-refractivity contribution is 6.31. The Labute approximate surface area is 98.8 Å². The Morgan fingerprint density at radius 1 is 1.38 bits per heavy atom. The molecule has 0 saturated heterocycles. The van der Waals surface area contributed by atoms with Gasteiger partial charge in [-0.1, -0.05) is 17.7 Å². The summed E-state index contributed by atoms with van der Waals surface area (Å²) in [5.41, 5.74) is 6.41. The minimum Gasteiger partial charge on any atom is -0.370 e. The van der Waals surface area contributed by atoms with Crippen LogP contribution in [0.25, 0.3) is 0 Å². The summed E-state index contributed by atoms with van der Waals surface area (Å²) in [5, 5.41) is 3.27. The molecule has 0 aliphatic rings. The SMILES string of the molecule is Cc1c(Cl)cccc1NC(=O)CCC(N)=O. The molecule has 0 aromatic heterocycles. The monoisotopic (exact) mass is 240 g/mol. The van der Waals surface area contributed by atoms with Crippen LogP contribution in [0, 0.1) is 6.92 Å². The Bertz CT molecular complexity index is 418. The number of benzene rings is 1. The second kappa shape index (κ2) is 5.51. The number of rotatable bonds is 4. The first-order chi connectivity index (χ1) is 7.50. The van der Waals surface area contributed by atoms with E-state index in [4.69, 9.17) is 17.3 Å². The highest BCUT2D eigenvalue weighted by Gasteiger charge is 2.07. The van der Waals surface area contributed by atoms with Gasteiger partial charge in [-0.25, -0.2) is 0 Å². The molecule has 5 heteroatoms. The molecule has 0 aliphatic carbocycles. The van der Waals surface area contributed by atoms with Crippen molar-refractivity contribution in [2.45, 2.75) is 19.8 Å². The van der Waals surface area contributed by atoms with Crippen LogP contribution in [-0.4, -0.2) is 11.8 Å². The van der Waals surface area contributed by atoms with Crippen LogP contribution in [0.2, 0.25) is 5.02 Å². The predicted molar refractivity (Wildman–Crippen MR) is 63.2 cm³/mol. The van der Waals surface area contributed by atoms with E-state index in [1.807, 2.05) is 6.92 Å². The van der Waals surface area contributed by atoms with Gasteiger partial charge >= 0.3 is 0 Å². The molecule has 0 heterocycles. The number of nitrogens with two attached hydrogens (primary N) is 1. The average molecular weight is 241 g/mol. The summed E-state index contributed by atoms with van der Waals surface area (Å²) in [4.78, 5) is 21.9. The lowest BCUT2D eigenvalue weighted by Gasteiger charge is -2.08. The van der Waals surface area contributed by atoms with E-state index >= 15 is 0 Å². The molecule has 0 fully saturated rings. The molecular weight excluding hydrogens is 228 g/mol. The summed E-state index contributed by atoms with van der Waals surface area (Å²) >= 11 is 5.90. The van der Waals surface area contributed by atoms with Crippen molar-refractivity contribution < 1.29 is 9.59 Å². The first-order valence-corrected chi connectivity index (χ1v) is 5.21. The Morgan fingerprint density at radius 2 is 2.06 bits per heavy atom. The molecule has 0 saturated carbocycles. The van der Waals surface area contributed by atoms with Crippen LogP contribution in [0.15, 0.2) is 18.2 Å². The number of amides is 2. The largest absolute Gasteiger partial charge is 0.370 e. The van der Waals surface area contributed by atoms with Crippen LogP contribution < -0.4 is 11.1 Å². The maximum absolute atomic E-state index is 11.4. The van der Waals surface area contributed by atoms with Gasteiger partial charge in [0, 0.05) is 23.6 Å². The normalized spacial score (nSPS) is 9.88. The molecule has 4 nitrogen and oxygen atoms in total. The number of hydrogen-bond acceptors (Lipinski definition) is 2. The van der Waals surface area contributed by atoms with Crippen molar-refractivity contribution in [2.75, 3.05) is 5.32 Å². The number of halogens is 1. The van der Waals surface area contributed by atoms with E-state index in [2.05, 4.69) is 5.32 Å².